The van der Waals surface area contributed by atoms with Crippen molar-refractivity contribution in [2.45, 2.75) is 45.4 Å². The second-order valence-corrected chi connectivity index (χ2v) is 6.42. The monoisotopic (exact) mass is 335 g/mol. The van der Waals surface area contributed by atoms with Gasteiger partial charge in [-0.1, -0.05) is 49.0 Å². The van der Waals surface area contributed by atoms with Crippen LogP contribution >= 0.6 is 0 Å². The number of hydrogen-bond acceptors (Lipinski definition) is 5. The number of ether oxygens (including phenoxy) is 2. The number of aliphatic hydroxyl groups excluding tert-OH is 2. The lowest BCUT2D eigenvalue weighted by Gasteiger charge is -2.24. The van der Waals surface area contributed by atoms with Crippen molar-refractivity contribution in [1.82, 2.24) is 0 Å². The SMILES string of the molecule is CC(O)C(C)C1=CCC(COC(O)OC2C=CC(C[O-])=CC2)C=C1. The first-order valence-electron chi connectivity index (χ1n) is 8.46. The van der Waals surface area contributed by atoms with Gasteiger partial charge in [0.25, 0.3) is 6.48 Å². The highest BCUT2D eigenvalue weighted by Gasteiger charge is 2.19. The van der Waals surface area contributed by atoms with Crippen LogP contribution in [-0.2, 0) is 9.47 Å². The van der Waals surface area contributed by atoms with E-state index in [4.69, 9.17) is 9.47 Å². The van der Waals surface area contributed by atoms with Gasteiger partial charge in [0.05, 0.1) is 18.8 Å². The molecular weight excluding hydrogens is 308 g/mol. The van der Waals surface area contributed by atoms with Crippen molar-refractivity contribution in [3.05, 3.63) is 47.6 Å². The Hall–Kier alpha value is -1.24. The number of allylic oxidation sites excluding steroid dienone is 2. The third-order valence-corrected chi connectivity index (χ3v) is 4.51. The molecule has 0 aromatic heterocycles. The summed E-state index contributed by atoms with van der Waals surface area (Å²) in [6.45, 7) is 2.64. The van der Waals surface area contributed by atoms with Crippen molar-refractivity contribution in [2.75, 3.05) is 13.2 Å². The second kappa shape index (κ2) is 9.30. The molecule has 0 aromatic rings. The zero-order valence-electron chi connectivity index (χ0n) is 14.3. The van der Waals surface area contributed by atoms with E-state index in [2.05, 4.69) is 6.08 Å². The Balaban J connectivity index is 1.69. The van der Waals surface area contributed by atoms with Crippen LogP contribution in [0.2, 0.25) is 0 Å². The summed E-state index contributed by atoms with van der Waals surface area (Å²) in [6, 6.07) is 0. The molecule has 0 saturated heterocycles. The van der Waals surface area contributed by atoms with Gasteiger partial charge in [0.1, 0.15) is 0 Å². The molecule has 2 rings (SSSR count). The molecule has 0 bridgehead atoms. The molecule has 0 heterocycles. The predicted molar refractivity (Wildman–Crippen MR) is 89.7 cm³/mol. The average Bonchev–Trinajstić information content (AvgIpc) is 2.60. The van der Waals surface area contributed by atoms with E-state index in [1.165, 1.54) is 0 Å². The summed E-state index contributed by atoms with van der Waals surface area (Å²) >= 11 is 0. The summed E-state index contributed by atoms with van der Waals surface area (Å²) < 4.78 is 10.8. The van der Waals surface area contributed by atoms with Gasteiger partial charge in [-0.05, 0) is 25.3 Å². The molecule has 0 saturated carbocycles. The van der Waals surface area contributed by atoms with Gasteiger partial charge >= 0.3 is 0 Å². The van der Waals surface area contributed by atoms with Crippen LogP contribution in [0.4, 0.5) is 0 Å². The lowest BCUT2D eigenvalue weighted by Crippen LogP contribution is -2.26. The molecule has 0 amide bonds. The normalized spacial score (nSPS) is 27.4. The molecule has 2 N–H and O–H groups in total. The zero-order valence-corrected chi connectivity index (χ0v) is 14.3. The molecule has 0 fully saturated rings. The van der Waals surface area contributed by atoms with E-state index < -0.39 is 6.48 Å². The smallest absolute Gasteiger partial charge is 0.269 e. The van der Waals surface area contributed by atoms with Crippen LogP contribution in [0.25, 0.3) is 0 Å². The predicted octanol–water partition coefficient (Wildman–Crippen LogP) is 1.43. The molecule has 5 nitrogen and oxygen atoms in total. The molecule has 134 valence electrons. The fourth-order valence-corrected chi connectivity index (χ4v) is 2.67. The molecule has 0 radical (unpaired) electrons. The Morgan fingerprint density at radius 3 is 2.50 bits per heavy atom. The maximum atomic E-state index is 10.7. The first kappa shape index (κ1) is 19.1. The molecule has 0 aliphatic heterocycles. The molecule has 2 aliphatic carbocycles. The maximum Gasteiger partial charge on any atom is 0.269 e. The topological polar surface area (TPSA) is 82.0 Å². The zero-order chi connectivity index (χ0) is 17.5. The summed E-state index contributed by atoms with van der Waals surface area (Å²) in [4.78, 5) is 0. The summed E-state index contributed by atoms with van der Waals surface area (Å²) in [5, 5.41) is 30.2. The minimum absolute atomic E-state index is 0.113. The quantitative estimate of drug-likeness (QED) is 0.656. The van der Waals surface area contributed by atoms with Crippen molar-refractivity contribution in [2.24, 2.45) is 11.8 Å². The van der Waals surface area contributed by atoms with E-state index in [0.717, 1.165) is 17.6 Å². The maximum absolute atomic E-state index is 10.7. The van der Waals surface area contributed by atoms with Crippen LogP contribution in [0.1, 0.15) is 26.7 Å². The van der Waals surface area contributed by atoms with Crippen molar-refractivity contribution >= 4 is 0 Å². The number of aliphatic hydroxyl groups is 2. The van der Waals surface area contributed by atoms with Gasteiger partial charge in [-0.2, -0.15) is 0 Å². The second-order valence-electron chi connectivity index (χ2n) is 6.42. The Bertz CT molecular complexity index is 518. The highest BCUT2D eigenvalue weighted by Crippen LogP contribution is 2.24. The first-order chi connectivity index (χ1) is 11.5. The summed E-state index contributed by atoms with van der Waals surface area (Å²) in [5.74, 6) is 0.296. The Morgan fingerprint density at radius 1 is 1.17 bits per heavy atom. The van der Waals surface area contributed by atoms with Crippen molar-refractivity contribution in [1.29, 1.82) is 0 Å². The van der Waals surface area contributed by atoms with Crippen LogP contribution in [0.15, 0.2) is 47.6 Å². The Kier molecular flexibility index (Phi) is 7.40. The third-order valence-electron chi connectivity index (χ3n) is 4.51. The van der Waals surface area contributed by atoms with Gasteiger partial charge in [-0.15, -0.1) is 6.61 Å². The number of rotatable bonds is 8. The molecule has 2 aliphatic rings. The minimum Gasteiger partial charge on any atom is -0.851 e. The van der Waals surface area contributed by atoms with E-state index in [-0.39, 0.29) is 30.7 Å². The van der Waals surface area contributed by atoms with E-state index in [1.807, 2.05) is 25.2 Å². The van der Waals surface area contributed by atoms with Gasteiger partial charge in [0, 0.05) is 11.8 Å². The van der Waals surface area contributed by atoms with Gasteiger partial charge in [-0.3, -0.25) is 0 Å². The highest BCUT2D eigenvalue weighted by molar-refractivity contribution is 5.26. The molecule has 5 heteroatoms. The fraction of sp³-hybridized carbons (Fsp3) is 0.579. The molecular formula is C19H27O5-. The molecule has 5 unspecified atom stereocenters. The molecule has 5 atom stereocenters. The van der Waals surface area contributed by atoms with Gasteiger partial charge in [-0.25, -0.2) is 0 Å². The lowest BCUT2D eigenvalue weighted by molar-refractivity contribution is -0.355. The van der Waals surface area contributed by atoms with Crippen molar-refractivity contribution < 1.29 is 24.8 Å². The Labute approximate surface area is 143 Å². The molecule has 0 aromatic carbocycles. The van der Waals surface area contributed by atoms with E-state index >= 15 is 0 Å². The van der Waals surface area contributed by atoms with Gasteiger partial charge < -0.3 is 24.8 Å². The van der Waals surface area contributed by atoms with Crippen LogP contribution in [0, 0.1) is 11.8 Å². The van der Waals surface area contributed by atoms with Crippen LogP contribution in [-0.4, -0.2) is 42.1 Å². The van der Waals surface area contributed by atoms with Crippen molar-refractivity contribution in [3.63, 3.8) is 0 Å². The Morgan fingerprint density at radius 2 is 1.96 bits per heavy atom. The summed E-state index contributed by atoms with van der Waals surface area (Å²) in [6.07, 6.45) is 12.2. The fourth-order valence-electron chi connectivity index (χ4n) is 2.67. The molecule has 24 heavy (non-hydrogen) atoms. The van der Waals surface area contributed by atoms with E-state index in [9.17, 15) is 15.3 Å². The standard InChI is InChI=1S/C19H27O5/c1-13(14(2)21)17-7-3-16(4-8-17)12-23-19(22)24-18-9-5-15(11-20)6-10-18/h3,5-9,13-14,16,18-19,21-22H,4,10-12H2,1-2H3/q-1. The minimum atomic E-state index is -1.28. The number of hydrogen-bond donors (Lipinski definition) is 2. The lowest BCUT2D eigenvalue weighted by atomic mass is 9.88. The summed E-state index contributed by atoms with van der Waals surface area (Å²) in [7, 11) is 0. The van der Waals surface area contributed by atoms with Crippen LogP contribution in [0.3, 0.4) is 0 Å². The van der Waals surface area contributed by atoms with Gasteiger partial charge in [0.15, 0.2) is 0 Å². The van der Waals surface area contributed by atoms with Crippen LogP contribution in [0.5, 0.6) is 0 Å². The van der Waals surface area contributed by atoms with Gasteiger partial charge in [0.2, 0.25) is 0 Å². The van der Waals surface area contributed by atoms with Crippen molar-refractivity contribution in [3.8, 4) is 0 Å². The highest BCUT2D eigenvalue weighted by atomic mass is 16.8. The third kappa shape index (κ3) is 5.69. The van der Waals surface area contributed by atoms with E-state index in [0.29, 0.717) is 13.0 Å². The average molecular weight is 335 g/mol. The molecule has 0 spiro atoms. The summed E-state index contributed by atoms with van der Waals surface area (Å²) in [5.41, 5.74) is 1.87. The first-order valence-corrected chi connectivity index (χ1v) is 8.46. The van der Waals surface area contributed by atoms with E-state index in [1.54, 1.807) is 19.1 Å². The largest absolute Gasteiger partial charge is 0.851 e. The van der Waals surface area contributed by atoms with Crippen LogP contribution < -0.4 is 5.11 Å².